The highest BCUT2D eigenvalue weighted by Crippen LogP contribution is 2.43. The minimum atomic E-state index is -4.64. The zero-order valence-corrected chi connectivity index (χ0v) is 34.5. The molecule has 0 aromatic heterocycles. The summed E-state index contributed by atoms with van der Waals surface area (Å²) in [6, 6.07) is 0. The highest BCUT2D eigenvalue weighted by atomic mass is 31.2. The number of phosphoric ester groups is 1. The molecule has 3 unspecified atom stereocenters. The number of ether oxygens (including phenoxy) is 2. The smallest absolute Gasteiger partial charge is 0.462 e. The predicted octanol–water partition coefficient (Wildman–Crippen LogP) is 10.4. The molecule has 0 saturated heterocycles. The average Bonchev–Trinajstić information content (AvgIpc) is 3.17. The van der Waals surface area contributed by atoms with E-state index in [2.05, 4.69) is 103 Å². The minimum absolute atomic E-state index is 0.111. The van der Waals surface area contributed by atoms with Crippen molar-refractivity contribution < 1.29 is 47.8 Å². The molecule has 0 radical (unpaired) electrons. The third-order valence-electron chi connectivity index (χ3n) is 7.75. The van der Waals surface area contributed by atoms with Gasteiger partial charge in [0.25, 0.3) is 0 Å². The standard InChI is InChI=1S/C44H71O10P/c1-3-5-7-9-11-13-15-17-18-19-20-21-22-24-26-28-30-32-34-36-44(48)54-42(40-53-55(49,50)52-38-41(46)37-45)39-51-43(47)35-33-31-29-27-25-23-16-14-12-10-8-6-4-2/h5-8,11-14,17-18,20-21,23,25,29,31,41-42,45-46H,3-4,9-10,15-16,19,22,24,26-28,30,32-40H2,1-2H3,(H,49,50)/b7-5-,8-6-,13-11-,14-12-,18-17-,21-20-,25-23-,31-29-. The fraction of sp³-hybridized carbons (Fsp3) is 0.591. The first-order valence-corrected chi connectivity index (χ1v) is 21.7. The maximum absolute atomic E-state index is 12.6. The molecule has 0 aliphatic carbocycles. The Morgan fingerprint density at radius 2 is 0.982 bits per heavy atom. The van der Waals surface area contributed by atoms with Gasteiger partial charge in [0.1, 0.15) is 12.7 Å². The van der Waals surface area contributed by atoms with Gasteiger partial charge >= 0.3 is 19.8 Å². The fourth-order valence-corrected chi connectivity index (χ4v) is 5.49. The number of rotatable bonds is 36. The highest BCUT2D eigenvalue weighted by molar-refractivity contribution is 7.47. The first kappa shape index (κ1) is 51.9. The van der Waals surface area contributed by atoms with Crippen LogP contribution in [0.3, 0.4) is 0 Å². The van der Waals surface area contributed by atoms with Crippen molar-refractivity contribution in [3.63, 3.8) is 0 Å². The van der Waals surface area contributed by atoms with Crippen LogP contribution in [0.2, 0.25) is 0 Å². The normalized spacial score (nSPS) is 14.9. The van der Waals surface area contributed by atoms with Crippen molar-refractivity contribution in [1.82, 2.24) is 0 Å². The summed E-state index contributed by atoms with van der Waals surface area (Å²) in [5.41, 5.74) is 0. The Labute approximate surface area is 332 Å². The van der Waals surface area contributed by atoms with Crippen LogP contribution in [-0.2, 0) is 32.7 Å². The lowest BCUT2D eigenvalue weighted by Gasteiger charge is -2.20. The summed E-state index contributed by atoms with van der Waals surface area (Å²) in [7, 11) is -4.64. The first-order valence-electron chi connectivity index (χ1n) is 20.2. The number of carbonyl (C=O) groups is 2. The van der Waals surface area contributed by atoms with Gasteiger partial charge in [-0.25, -0.2) is 4.57 Å². The van der Waals surface area contributed by atoms with Gasteiger partial charge in [-0.2, -0.15) is 0 Å². The lowest BCUT2D eigenvalue weighted by atomic mass is 10.1. The van der Waals surface area contributed by atoms with Crippen LogP contribution in [0, 0.1) is 0 Å². The van der Waals surface area contributed by atoms with Gasteiger partial charge in [0.15, 0.2) is 6.10 Å². The number of unbranched alkanes of at least 4 members (excludes halogenated alkanes) is 6. The van der Waals surface area contributed by atoms with E-state index in [4.69, 9.17) is 19.1 Å². The van der Waals surface area contributed by atoms with E-state index >= 15 is 0 Å². The van der Waals surface area contributed by atoms with Gasteiger partial charge in [0.05, 0.1) is 19.8 Å². The van der Waals surface area contributed by atoms with Crippen molar-refractivity contribution >= 4 is 19.8 Å². The van der Waals surface area contributed by atoms with Crippen LogP contribution in [0.4, 0.5) is 0 Å². The predicted molar refractivity (Wildman–Crippen MR) is 223 cm³/mol. The van der Waals surface area contributed by atoms with Gasteiger partial charge in [-0.05, 0) is 77.0 Å². The summed E-state index contributed by atoms with van der Waals surface area (Å²) in [6.07, 6.45) is 46.8. The zero-order valence-electron chi connectivity index (χ0n) is 33.6. The van der Waals surface area contributed by atoms with Crippen molar-refractivity contribution in [2.24, 2.45) is 0 Å². The molecular weight excluding hydrogens is 719 g/mol. The van der Waals surface area contributed by atoms with E-state index in [1.165, 1.54) is 0 Å². The Bertz CT molecular complexity index is 1230. The number of allylic oxidation sites excluding steroid dienone is 16. The summed E-state index contributed by atoms with van der Waals surface area (Å²) in [6.45, 7) is 2.01. The molecule has 0 fully saturated rings. The van der Waals surface area contributed by atoms with Gasteiger partial charge in [0, 0.05) is 12.8 Å². The second-order valence-electron chi connectivity index (χ2n) is 12.9. The minimum Gasteiger partial charge on any atom is -0.462 e. The van der Waals surface area contributed by atoms with E-state index in [0.29, 0.717) is 12.8 Å². The fourth-order valence-electron chi connectivity index (χ4n) is 4.70. The molecule has 0 aliphatic heterocycles. The van der Waals surface area contributed by atoms with Crippen LogP contribution in [0.5, 0.6) is 0 Å². The number of aliphatic hydroxyl groups excluding tert-OH is 2. The molecule has 312 valence electrons. The largest absolute Gasteiger partial charge is 0.472 e. The molecule has 0 aliphatic rings. The molecule has 3 N–H and O–H groups in total. The van der Waals surface area contributed by atoms with Crippen LogP contribution >= 0.6 is 7.82 Å². The van der Waals surface area contributed by atoms with Crippen molar-refractivity contribution in [3.05, 3.63) is 97.2 Å². The van der Waals surface area contributed by atoms with E-state index in [1.54, 1.807) is 0 Å². The van der Waals surface area contributed by atoms with Crippen molar-refractivity contribution in [1.29, 1.82) is 0 Å². The molecule has 0 aromatic rings. The van der Waals surface area contributed by atoms with Crippen LogP contribution in [0.15, 0.2) is 97.2 Å². The van der Waals surface area contributed by atoms with Gasteiger partial charge < -0.3 is 24.6 Å². The lowest BCUT2D eigenvalue weighted by molar-refractivity contribution is -0.161. The molecule has 11 heteroatoms. The molecule has 0 amide bonds. The van der Waals surface area contributed by atoms with Crippen molar-refractivity contribution in [2.75, 3.05) is 26.4 Å². The molecular formula is C44H71O10P. The van der Waals surface area contributed by atoms with E-state index < -0.39 is 51.8 Å². The number of aliphatic hydroxyl groups is 2. The van der Waals surface area contributed by atoms with Gasteiger partial charge in [-0.3, -0.25) is 18.6 Å². The average molecular weight is 791 g/mol. The second-order valence-corrected chi connectivity index (χ2v) is 14.3. The molecule has 3 atom stereocenters. The molecule has 55 heavy (non-hydrogen) atoms. The number of carbonyl (C=O) groups excluding carboxylic acids is 2. The molecule has 0 aromatic carbocycles. The van der Waals surface area contributed by atoms with Crippen molar-refractivity contribution in [3.8, 4) is 0 Å². The summed E-state index contributed by atoms with van der Waals surface area (Å²) in [5, 5.41) is 18.3. The number of hydrogen-bond donors (Lipinski definition) is 3. The van der Waals surface area contributed by atoms with E-state index in [0.717, 1.165) is 89.9 Å². The maximum atomic E-state index is 12.6. The van der Waals surface area contributed by atoms with Crippen LogP contribution in [0.1, 0.15) is 129 Å². The Hall–Kier alpha value is -3.11. The summed E-state index contributed by atoms with van der Waals surface area (Å²) in [4.78, 5) is 34.9. The summed E-state index contributed by atoms with van der Waals surface area (Å²) >= 11 is 0. The zero-order chi connectivity index (χ0) is 40.5. The monoisotopic (exact) mass is 790 g/mol. The van der Waals surface area contributed by atoms with Gasteiger partial charge in [-0.1, -0.05) is 137 Å². The Balaban J connectivity index is 4.45. The topological polar surface area (TPSA) is 149 Å². The molecule has 0 heterocycles. The maximum Gasteiger partial charge on any atom is 0.472 e. The van der Waals surface area contributed by atoms with Gasteiger partial charge in [-0.15, -0.1) is 0 Å². The molecule has 0 bridgehead atoms. The van der Waals surface area contributed by atoms with Gasteiger partial charge in [0.2, 0.25) is 0 Å². The Morgan fingerprint density at radius 3 is 1.49 bits per heavy atom. The highest BCUT2D eigenvalue weighted by Gasteiger charge is 2.27. The third kappa shape index (κ3) is 38.9. The van der Waals surface area contributed by atoms with E-state index in [9.17, 15) is 24.2 Å². The first-order chi connectivity index (χ1) is 26.7. The summed E-state index contributed by atoms with van der Waals surface area (Å²) < 4.78 is 32.5. The number of esters is 2. The Kier molecular flexibility index (Phi) is 36.9. The summed E-state index contributed by atoms with van der Waals surface area (Å²) in [5.74, 6) is -1.05. The molecule has 0 spiro atoms. The molecule has 0 rings (SSSR count). The molecule has 0 saturated carbocycles. The second kappa shape index (κ2) is 39.1. The van der Waals surface area contributed by atoms with Crippen LogP contribution < -0.4 is 0 Å². The molecule has 10 nitrogen and oxygen atoms in total. The van der Waals surface area contributed by atoms with Crippen molar-refractivity contribution in [2.45, 2.75) is 142 Å². The number of phosphoric acid groups is 1. The van der Waals surface area contributed by atoms with Crippen LogP contribution in [-0.4, -0.2) is 65.7 Å². The number of hydrogen-bond acceptors (Lipinski definition) is 9. The van der Waals surface area contributed by atoms with Crippen LogP contribution in [0.25, 0.3) is 0 Å². The Morgan fingerprint density at radius 1 is 0.545 bits per heavy atom. The lowest BCUT2D eigenvalue weighted by Crippen LogP contribution is -2.29. The quantitative estimate of drug-likeness (QED) is 0.0242. The SMILES string of the molecule is CC/C=C\C/C=C\C/C=C\C/C=C\CCCCCCCCC(=O)OC(COC(=O)CC/C=C\C/C=C\C/C=C\C/C=C\CC)COP(=O)(O)OCC(O)CO. The van der Waals surface area contributed by atoms with E-state index in [-0.39, 0.29) is 19.4 Å². The van der Waals surface area contributed by atoms with E-state index in [1.807, 2.05) is 12.2 Å². The third-order valence-corrected chi connectivity index (χ3v) is 8.70.